The number of aromatic nitrogens is 2. The van der Waals surface area contributed by atoms with Crippen molar-refractivity contribution in [1.82, 2.24) is 14.7 Å². The number of rotatable bonds is 4. The van der Waals surface area contributed by atoms with Gasteiger partial charge in [-0.3, -0.25) is 24.4 Å². The number of hydrogen-bond acceptors (Lipinski definition) is 5. The Hall–Kier alpha value is -2.45. The van der Waals surface area contributed by atoms with Gasteiger partial charge in [0.05, 0.1) is 4.92 Å². The van der Waals surface area contributed by atoms with E-state index in [1.165, 1.54) is 15.8 Å². The maximum Gasteiger partial charge on any atom is 0.307 e. The van der Waals surface area contributed by atoms with E-state index in [4.69, 9.17) is 5.73 Å². The Bertz CT molecular complexity index is 628. The molecule has 0 radical (unpaired) electrons. The van der Waals surface area contributed by atoms with Gasteiger partial charge >= 0.3 is 5.69 Å². The minimum absolute atomic E-state index is 0.128. The van der Waals surface area contributed by atoms with E-state index >= 15 is 0 Å². The van der Waals surface area contributed by atoms with E-state index < -0.39 is 16.9 Å². The smallest absolute Gasteiger partial charge is 0.307 e. The van der Waals surface area contributed by atoms with Crippen molar-refractivity contribution in [3.8, 4) is 0 Å². The Kier molecular flexibility index (Phi) is 3.55. The second kappa shape index (κ2) is 5.39. The van der Waals surface area contributed by atoms with Crippen LogP contribution in [0.4, 0.5) is 5.69 Å². The number of primary amides is 1. The van der Waals surface area contributed by atoms with Crippen molar-refractivity contribution in [2.75, 3.05) is 6.54 Å². The first-order valence-corrected chi connectivity index (χ1v) is 7.23. The van der Waals surface area contributed by atoms with Gasteiger partial charge in [0.15, 0.2) is 0 Å². The molecule has 0 spiro atoms. The summed E-state index contributed by atoms with van der Waals surface area (Å²) in [6, 6.07) is -0.564. The number of likely N-dealkylation sites (tertiary alicyclic amines) is 1. The molecule has 118 valence electrons. The van der Waals surface area contributed by atoms with E-state index in [1.54, 1.807) is 0 Å². The fourth-order valence-electron chi connectivity index (χ4n) is 3.69. The highest BCUT2D eigenvalue weighted by Crippen LogP contribution is 2.42. The molecule has 1 aliphatic carbocycles. The topological polar surface area (TPSA) is 124 Å². The zero-order valence-corrected chi connectivity index (χ0v) is 11.9. The van der Waals surface area contributed by atoms with Crippen LogP contribution in [-0.4, -0.2) is 44.0 Å². The molecule has 1 aromatic rings. The normalized spacial score (nSPS) is 26.9. The van der Waals surface area contributed by atoms with Crippen LogP contribution in [0.2, 0.25) is 0 Å². The zero-order valence-electron chi connectivity index (χ0n) is 11.9. The van der Waals surface area contributed by atoms with Crippen LogP contribution >= 0.6 is 0 Å². The highest BCUT2D eigenvalue weighted by atomic mass is 16.6. The van der Waals surface area contributed by atoms with Crippen LogP contribution in [0.5, 0.6) is 0 Å². The number of fused-ring (bicyclic) bond motifs is 1. The van der Waals surface area contributed by atoms with Crippen LogP contribution in [0.15, 0.2) is 12.4 Å². The minimum atomic E-state index is -0.569. The first-order valence-electron chi connectivity index (χ1n) is 7.23. The summed E-state index contributed by atoms with van der Waals surface area (Å²) in [5.41, 5.74) is 5.31. The Morgan fingerprint density at radius 1 is 1.45 bits per heavy atom. The number of nitrogens with two attached hydrogens (primary N) is 1. The van der Waals surface area contributed by atoms with Crippen LogP contribution in [0.1, 0.15) is 19.3 Å². The van der Waals surface area contributed by atoms with Crippen LogP contribution in [0.25, 0.3) is 0 Å². The second-order valence-electron chi connectivity index (χ2n) is 5.90. The molecule has 9 heteroatoms. The number of nitrogens with zero attached hydrogens (tertiary/aromatic N) is 4. The van der Waals surface area contributed by atoms with Crippen molar-refractivity contribution in [2.45, 2.75) is 31.8 Å². The van der Waals surface area contributed by atoms with Crippen molar-refractivity contribution < 1.29 is 14.5 Å². The molecule has 3 atom stereocenters. The fraction of sp³-hybridized carbons (Fsp3) is 0.615. The van der Waals surface area contributed by atoms with Crippen LogP contribution in [-0.2, 0) is 16.1 Å². The summed E-state index contributed by atoms with van der Waals surface area (Å²) in [7, 11) is 0. The van der Waals surface area contributed by atoms with Gasteiger partial charge in [-0.2, -0.15) is 5.10 Å². The Balaban J connectivity index is 1.73. The van der Waals surface area contributed by atoms with Gasteiger partial charge in [0.25, 0.3) is 0 Å². The van der Waals surface area contributed by atoms with E-state index in [0.29, 0.717) is 12.5 Å². The summed E-state index contributed by atoms with van der Waals surface area (Å²) in [6.45, 7) is 0.400. The number of carbonyl (C=O) groups is 2. The third-order valence-electron chi connectivity index (χ3n) is 4.63. The average Bonchev–Trinajstić information content (AvgIpc) is 3.11. The summed E-state index contributed by atoms with van der Waals surface area (Å²) in [6.07, 6.45) is 5.28. The maximum atomic E-state index is 12.4. The monoisotopic (exact) mass is 307 g/mol. The lowest BCUT2D eigenvalue weighted by molar-refractivity contribution is -0.385. The van der Waals surface area contributed by atoms with E-state index in [-0.39, 0.29) is 24.1 Å². The summed E-state index contributed by atoms with van der Waals surface area (Å²) >= 11 is 0. The zero-order chi connectivity index (χ0) is 15.9. The van der Waals surface area contributed by atoms with Crippen LogP contribution in [0, 0.1) is 22.0 Å². The first-order chi connectivity index (χ1) is 10.5. The standard InChI is InChI=1S/C13H17N5O4/c14-13(20)12-10-3-1-2-8(10)5-17(12)11(19)7-16-6-9(4-15-16)18(21)22/h4,6,8,10,12H,1-3,5,7H2,(H2,14,20)/t8-,10+,12+/m1/s1. The van der Waals surface area contributed by atoms with Crippen molar-refractivity contribution in [3.63, 3.8) is 0 Å². The maximum absolute atomic E-state index is 12.4. The summed E-state index contributed by atoms with van der Waals surface area (Å²) in [5, 5.41) is 14.4. The van der Waals surface area contributed by atoms with Gasteiger partial charge in [-0.15, -0.1) is 0 Å². The van der Waals surface area contributed by atoms with Crippen molar-refractivity contribution >= 4 is 17.5 Å². The molecule has 22 heavy (non-hydrogen) atoms. The lowest BCUT2D eigenvalue weighted by atomic mass is 9.94. The molecule has 0 bridgehead atoms. The summed E-state index contributed by atoms with van der Waals surface area (Å²) < 4.78 is 1.21. The minimum Gasteiger partial charge on any atom is -0.368 e. The van der Waals surface area contributed by atoms with Gasteiger partial charge in [0.2, 0.25) is 11.8 Å². The van der Waals surface area contributed by atoms with Gasteiger partial charge in [-0.1, -0.05) is 6.42 Å². The van der Waals surface area contributed by atoms with Gasteiger partial charge < -0.3 is 10.6 Å². The fourth-order valence-corrected chi connectivity index (χ4v) is 3.69. The van der Waals surface area contributed by atoms with Gasteiger partial charge in [-0.25, -0.2) is 0 Å². The molecule has 2 amide bonds. The molecule has 1 aliphatic heterocycles. The van der Waals surface area contributed by atoms with Gasteiger partial charge in [-0.05, 0) is 24.7 Å². The van der Waals surface area contributed by atoms with Gasteiger partial charge in [0, 0.05) is 6.54 Å². The second-order valence-corrected chi connectivity index (χ2v) is 5.90. The SMILES string of the molecule is NC(=O)[C@@H]1[C@H]2CCC[C@@H]2CN1C(=O)Cn1cc([N+](=O)[O-])cn1. The predicted molar refractivity (Wildman–Crippen MR) is 74.4 cm³/mol. The molecule has 2 N–H and O–H groups in total. The molecule has 3 rings (SSSR count). The third-order valence-corrected chi connectivity index (χ3v) is 4.63. The molecule has 9 nitrogen and oxygen atoms in total. The number of amides is 2. The van der Waals surface area contributed by atoms with Crippen LogP contribution < -0.4 is 5.73 Å². The quantitative estimate of drug-likeness (QED) is 0.614. The van der Waals surface area contributed by atoms with Crippen LogP contribution in [0.3, 0.4) is 0 Å². The van der Waals surface area contributed by atoms with E-state index in [0.717, 1.165) is 25.5 Å². The highest BCUT2D eigenvalue weighted by Gasteiger charge is 2.48. The number of hydrogen-bond donors (Lipinski definition) is 1. The Morgan fingerprint density at radius 2 is 2.23 bits per heavy atom. The van der Waals surface area contributed by atoms with E-state index in [9.17, 15) is 19.7 Å². The Morgan fingerprint density at radius 3 is 2.86 bits per heavy atom. The molecule has 1 aromatic heterocycles. The lowest BCUT2D eigenvalue weighted by Crippen LogP contribution is -2.47. The molecular weight excluding hydrogens is 290 g/mol. The van der Waals surface area contributed by atoms with Crippen molar-refractivity contribution in [3.05, 3.63) is 22.5 Å². The molecule has 1 saturated heterocycles. The average molecular weight is 307 g/mol. The molecular formula is C13H17N5O4. The highest BCUT2D eigenvalue weighted by molar-refractivity contribution is 5.87. The van der Waals surface area contributed by atoms with E-state index in [2.05, 4.69) is 5.10 Å². The summed E-state index contributed by atoms with van der Waals surface area (Å²) in [4.78, 5) is 35.7. The predicted octanol–water partition coefficient (Wildman–Crippen LogP) is -0.0963. The Labute approximate surface area is 126 Å². The molecule has 2 aliphatic rings. The number of nitro groups is 1. The molecule has 0 aromatic carbocycles. The van der Waals surface area contributed by atoms with E-state index in [1.807, 2.05) is 0 Å². The molecule has 1 saturated carbocycles. The molecule has 0 unspecified atom stereocenters. The van der Waals surface area contributed by atoms with Gasteiger partial charge in [0.1, 0.15) is 25.0 Å². The van der Waals surface area contributed by atoms with Crippen molar-refractivity contribution in [1.29, 1.82) is 0 Å². The lowest BCUT2D eigenvalue weighted by Gasteiger charge is -2.25. The molecule has 2 fully saturated rings. The third kappa shape index (κ3) is 2.42. The largest absolute Gasteiger partial charge is 0.368 e. The first kappa shape index (κ1) is 14.5. The number of carbonyl (C=O) groups excluding carboxylic acids is 2. The molecule has 2 heterocycles. The van der Waals surface area contributed by atoms with Crippen molar-refractivity contribution in [2.24, 2.45) is 17.6 Å². The summed E-state index contributed by atoms with van der Waals surface area (Å²) in [5.74, 6) is -0.285.